The molecule has 3 N–H and O–H groups in total. The van der Waals surface area contributed by atoms with Crippen LogP contribution in [0.1, 0.15) is 78.5 Å². The number of nitrogens with one attached hydrogen (secondary N) is 2. The highest BCUT2D eigenvalue weighted by atomic mass is 35.5. The van der Waals surface area contributed by atoms with Crippen LogP contribution in [0.3, 0.4) is 0 Å². The fourth-order valence-corrected chi connectivity index (χ4v) is 7.28. The van der Waals surface area contributed by atoms with Gasteiger partial charge in [0.15, 0.2) is 18.6 Å². The minimum absolute atomic E-state index is 0.115. The summed E-state index contributed by atoms with van der Waals surface area (Å²) in [7, 11) is 4.59. The summed E-state index contributed by atoms with van der Waals surface area (Å²) < 4.78 is 22.4. The first-order valence-corrected chi connectivity index (χ1v) is 20.1. The third kappa shape index (κ3) is 13.2. The molecule has 318 valence electrons. The topological polar surface area (TPSA) is 153 Å². The minimum Gasteiger partial charge on any atom is -0.464 e. The molecular weight excluding hydrogens is 785 g/mol. The molecule has 3 rings (SSSR count). The summed E-state index contributed by atoms with van der Waals surface area (Å²) in [5.74, 6) is -3.23. The zero-order valence-electron chi connectivity index (χ0n) is 35.1. The zero-order chi connectivity index (χ0) is 43.3. The molecule has 2 aromatic rings. The molecule has 1 aliphatic rings. The van der Waals surface area contributed by atoms with Crippen molar-refractivity contribution < 1.29 is 43.2 Å². The van der Waals surface area contributed by atoms with Gasteiger partial charge in [-0.3, -0.25) is 14.4 Å². The summed E-state index contributed by atoms with van der Waals surface area (Å²) in [6.45, 7) is 11.9. The zero-order valence-corrected chi connectivity index (χ0v) is 36.6. The van der Waals surface area contributed by atoms with Crippen molar-refractivity contribution in [2.24, 2.45) is 11.8 Å². The maximum absolute atomic E-state index is 14.4. The summed E-state index contributed by atoms with van der Waals surface area (Å²) in [5.41, 5.74) is 0.622. The number of methoxy groups -OCH3 is 2. The molecule has 0 spiro atoms. The molecule has 0 aliphatic carbocycles. The molecule has 14 heteroatoms. The highest BCUT2D eigenvalue weighted by molar-refractivity contribution is 6.37. The van der Waals surface area contributed by atoms with Crippen molar-refractivity contribution in [1.82, 2.24) is 15.5 Å². The Balaban J connectivity index is 2.22. The number of aliphatic hydroxyl groups is 1. The van der Waals surface area contributed by atoms with Gasteiger partial charge >= 0.3 is 5.97 Å². The van der Waals surface area contributed by atoms with Crippen LogP contribution in [0.2, 0.25) is 10.0 Å². The molecule has 1 heterocycles. The van der Waals surface area contributed by atoms with Crippen LogP contribution < -0.4 is 15.4 Å². The van der Waals surface area contributed by atoms with Crippen LogP contribution in [0.5, 0.6) is 5.75 Å². The lowest BCUT2D eigenvalue weighted by Gasteiger charge is -2.34. The number of hydrogen-bond donors (Lipinski definition) is 3. The predicted octanol–water partition coefficient (Wildman–Crippen LogP) is 6.92. The molecule has 0 bridgehead atoms. The van der Waals surface area contributed by atoms with Gasteiger partial charge in [0.1, 0.15) is 18.2 Å². The van der Waals surface area contributed by atoms with Crippen LogP contribution in [0.4, 0.5) is 0 Å². The van der Waals surface area contributed by atoms with Crippen molar-refractivity contribution in [2.45, 2.75) is 104 Å². The Kier molecular flexibility index (Phi) is 18.5. The average molecular weight is 845 g/mol. The van der Waals surface area contributed by atoms with Crippen LogP contribution in [-0.2, 0) is 39.8 Å². The number of carbonyl (C=O) groups excluding carboxylic acids is 4. The lowest BCUT2D eigenvalue weighted by molar-refractivity contribution is -0.162. The SMILES string of the molecule is CC[C@H](C)[C@H]1C(=O)NC(Cc2cc(Cl)c(OCOC)c(Cl)c2)C(=O)N[C@@H](C(C)(C)O)C(=O)O[C@H](c2ccccc2)[C@H](C)/C=C/C=C(\C)[C@H](OC)C/C=C(\C)C(=O)N1C. The van der Waals surface area contributed by atoms with Crippen molar-refractivity contribution in [3.8, 4) is 5.75 Å². The standard InChI is InChI=1S/C44H59Cl2N3O9/c1-11-26(2)36-41(51)47-34(24-30-22-32(45)38(33(46)23-30)57-25-55-9)40(50)48-39(44(6,7)54)43(53)58-37(31-18-13-12-14-19-31)28(4)17-15-16-27(3)35(56-10)21-20-29(5)42(52)49(36)8/h12-20,22-23,26,28,34-37,39,54H,11,21,24-25H2,1-10H3,(H,47,51)(H,48,50)/b17-15+,27-16+,29-20+/t26-,28+,34?,35+,36-,37-,39+/m0/s1. The van der Waals surface area contributed by atoms with Gasteiger partial charge in [-0.15, -0.1) is 0 Å². The van der Waals surface area contributed by atoms with Crippen LogP contribution in [0.25, 0.3) is 0 Å². The summed E-state index contributed by atoms with van der Waals surface area (Å²) in [4.78, 5) is 58.3. The normalized spacial score (nSPS) is 26.5. The third-order valence-electron chi connectivity index (χ3n) is 10.3. The quantitative estimate of drug-likeness (QED) is 0.171. The molecule has 3 amide bonds. The summed E-state index contributed by atoms with van der Waals surface area (Å²) in [6, 6.07) is 8.30. The number of carbonyl (C=O) groups is 4. The lowest BCUT2D eigenvalue weighted by Crippen LogP contribution is -2.61. The number of cyclic esters (lactones) is 1. The van der Waals surface area contributed by atoms with E-state index in [2.05, 4.69) is 10.6 Å². The first-order chi connectivity index (χ1) is 27.3. The first kappa shape index (κ1) is 48.2. The van der Waals surface area contributed by atoms with E-state index in [0.29, 0.717) is 29.5 Å². The summed E-state index contributed by atoms with van der Waals surface area (Å²) >= 11 is 13.1. The number of allylic oxidation sites excluding steroid dienone is 2. The maximum Gasteiger partial charge on any atom is 0.332 e. The second kappa shape index (κ2) is 22.2. The molecule has 0 saturated heterocycles. The van der Waals surface area contributed by atoms with Crippen molar-refractivity contribution >= 4 is 46.9 Å². The van der Waals surface area contributed by atoms with Gasteiger partial charge in [-0.25, -0.2) is 4.79 Å². The van der Waals surface area contributed by atoms with Crippen molar-refractivity contribution in [2.75, 3.05) is 28.1 Å². The Bertz CT molecular complexity index is 1800. The summed E-state index contributed by atoms with van der Waals surface area (Å²) in [6.07, 6.45) is 7.03. The van der Waals surface area contributed by atoms with Gasteiger partial charge in [0, 0.05) is 39.2 Å². The van der Waals surface area contributed by atoms with Crippen molar-refractivity contribution in [3.63, 3.8) is 0 Å². The number of nitrogens with zero attached hydrogens (tertiary/aromatic N) is 1. The number of benzene rings is 2. The molecule has 0 aromatic heterocycles. The second-order valence-electron chi connectivity index (χ2n) is 15.3. The molecule has 12 nitrogen and oxygen atoms in total. The molecule has 0 radical (unpaired) electrons. The van der Waals surface area contributed by atoms with Crippen LogP contribution in [0, 0.1) is 11.8 Å². The van der Waals surface area contributed by atoms with Gasteiger partial charge in [-0.2, -0.15) is 0 Å². The van der Waals surface area contributed by atoms with E-state index in [0.717, 1.165) is 5.57 Å². The second-order valence-corrected chi connectivity index (χ2v) is 16.1. The molecule has 7 atom stereocenters. The van der Waals surface area contributed by atoms with Gasteiger partial charge in [-0.1, -0.05) is 105 Å². The highest BCUT2D eigenvalue weighted by Crippen LogP contribution is 2.35. The van der Waals surface area contributed by atoms with Crippen molar-refractivity contribution in [1.29, 1.82) is 0 Å². The van der Waals surface area contributed by atoms with Gasteiger partial charge in [0.2, 0.25) is 17.7 Å². The van der Waals surface area contributed by atoms with E-state index in [1.54, 1.807) is 39.3 Å². The van der Waals surface area contributed by atoms with Gasteiger partial charge in [0.05, 0.1) is 21.8 Å². The lowest BCUT2D eigenvalue weighted by atomic mass is 9.94. The van der Waals surface area contributed by atoms with E-state index in [4.69, 9.17) is 42.1 Å². The number of rotatable bonds is 10. The van der Waals surface area contributed by atoms with E-state index in [1.165, 1.54) is 25.9 Å². The van der Waals surface area contributed by atoms with Crippen molar-refractivity contribution in [3.05, 3.63) is 99.1 Å². The first-order valence-electron chi connectivity index (χ1n) is 19.3. The molecule has 0 saturated carbocycles. The number of esters is 1. The van der Waals surface area contributed by atoms with Gasteiger partial charge in [-0.05, 0) is 68.9 Å². The smallest absolute Gasteiger partial charge is 0.332 e. The summed E-state index contributed by atoms with van der Waals surface area (Å²) in [5, 5.41) is 17.1. The Morgan fingerprint density at radius 2 is 1.66 bits per heavy atom. The molecule has 0 fully saturated rings. The molecule has 2 aromatic carbocycles. The molecule has 58 heavy (non-hydrogen) atoms. The number of halogens is 2. The number of ether oxygens (including phenoxy) is 4. The predicted molar refractivity (Wildman–Crippen MR) is 225 cm³/mol. The number of hydrogen-bond acceptors (Lipinski definition) is 9. The Hall–Kier alpha value is -4.20. The monoisotopic (exact) mass is 843 g/mol. The van der Waals surface area contributed by atoms with Gasteiger partial charge in [0.25, 0.3) is 0 Å². The maximum atomic E-state index is 14.4. The Labute approximate surface area is 352 Å². The van der Waals surface area contributed by atoms with Gasteiger partial charge < -0.3 is 39.6 Å². The fraction of sp³-hybridized carbons (Fsp3) is 0.500. The molecule has 1 unspecified atom stereocenters. The fourth-order valence-electron chi connectivity index (χ4n) is 6.64. The Morgan fingerprint density at radius 1 is 1.02 bits per heavy atom. The number of amides is 3. The Morgan fingerprint density at radius 3 is 2.22 bits per heavy atom. The van der Waals surface area contributed by atoms with E-state index in [-0.39, 0.29) is 52.9 Å². The van der Waals surface area contributed by atoms with E-state index < -0.39 is 47.6 Å². The molecular formula is C44H59Cl2N3O9. The van der Waals surface area contributed by atoms with E-state index in [1.807, 2.05) is 76.3 Å². The van der Waals surface area contributed by atoms with E-state index >= 15 is 0 Å². The van der Waals surface area contributed by atoms with E-state index in [9.17, 15) is 24.3 Å². The van der Waals surface area contributed by atoms with Crippen LogP contribution in [-0.4, -0.2) is 91.6 Å². The third-order valence-corrected chi connectivity index (χ3v) is 10.8. The minimum atomic E-state index is -1.82. The average Bonchev–Trinajstić information content (AvgIpc) is 3.17. The largest absolute Gasteiger partial charge is 0.464 e. The number of likely N-dealkylation sites (N-methyl/N-ethyl adjacent to an activating group) is 1. The molecule has 1 aliphatic heterocycles. The van der Waals surface area contributed by atoms with Crippen LogP contribution >= 0.6 is 23.2 Å². The van der Waals surface area contributed by atoms with Crippen LogP contribution in [0.15, 0.2) is 77.9 Å². The highest BCUT2D eigenvalue weighted by Gasteiger charge is 2.41.